The van der Waals surface area contributed by atoms with Gasteiger partial charge >= 0.3 is 5.97 Å². The van der Waals surface area contributed by atoms with Gasteiger partial charge in [0.1, 0.15) is 17.1 Å². The smallest absolute Gasteiger partial charge is 0.342 e. The summed E-state index contributed by atoms with van der Waals surface area (Å²) in [5.41, 5.74) is 0.511. The molecule has 1 aromatic rings. The number of amides is 2. The standard InChI is InChI=1S/C21H32N4O4/c1-8-29-20(28)17-14(3)22-15(4)23-18(17)19(27)24-9-10-25(13(2)12-24)16(26)11-21(5,6)7/h13H,8-12H2,1-7H3. The minimum absolute atomic E-state index is 0.0649. The van der Waals surface area contributed by atoms with Gasteiger partial charge in [-0.2, -0.15) is 0 Å². The van der Waals surface area contributed by atoms with E-state index >= 15 is 0 Å². The normalized spacial score (nSPS) is 17.3. The van der Waals surface area contributed by atoms with Crippen LogP contribution in [0.1, 0.15) is 73.4 Å². The molecule has 2 rings (SSSR count). The van der Waals surface area contributed by atoms with Crippen molar-refractivity contribution in [1.82, 2.24) is 19.8 Å². The van der Waals surface area contributed by atoms with Crippen LogP contribution in [0.2, 0.25) is 0 Å². The Hall–Kier alpha value is -2.51. The number of hydrogen-bond donors (Lipinski definition) is 0. The highest BCUT2D eigenvalue weighted by Crippen LogP contribution is 2.23. The first-order chi connectivity index (χ1) is 13.4. The van der Waals surface area contributed by atoms with E-state index in [1.165, 1.54) is 0 Å². The van der Waals surface area contributed by atoms with E-state index in [0.717, 1.165) is 0 Å². The number of aryl methyl sites for hydroxylation is 2. The summed E-state index contributed by atoms with van der Waals surface area (Å²) in [7, 11) is 0. The Morgan fingerprint density at radius 1 is 1.14 bits per heavy atom. The average molecular weight is 405 g/mol. The lowest BCUT2D eigenvalue weighted by Gasteiger charge is -2.40. The van der Waals surface area contributed by atoms with Gasteiger partial charge in [-0.25, -0.2) is 14.8 Å². The number of rotatable bonds is 4. The maximum Gasteiger partial charge on any atom is 0.342 e. The van der Waals surface area contributed by atoms with E-state index in [0.29, 0.717) is 37.6 Å². The van der Waals surface area contributed by atoms with Crippen LogP contribution in [-0.2, 0) is 9.53 Å². The zero-order chi connectivity index (χ0) is 21.9. The zero-order valence-corrected chi connectivity index (χ0v) is 18.5. The number of nitrogens with zero attached hydrogens (tertiary/aromatic N) is 4. The molecule has 1 atom stereocenters. The van der Waals surface area contributed by atoms with Crippen molar-refractivity contribution < 1.29 is 19.1 Å². The lowest BCUT2D eigenvalue weighted by Crippen LogP contribution is -2.56. The van der Waals surface area contributed by atoms with Gasteiger partial charge in [0.2, 0.25) is 5.91 Å². The third-order valence-electron chi connectivity index (χ3n) is 4.80. The summed E-state index contributed by atoms with van der Waals surface area (Å²) in [5, 5.41) is 0. The van der Waals surface area contributed by atoms with E-state index in [1.54, 1.807) is 25.7 Å². The minimum Gasteiger partial charge on any atom is -0.462 e. The van der Waals surface area contributed by atoms with Gasteiger partial charge in [-0.05, 0) is 33.1 Å². The van der Waals surface area contributed by atoms with Crippen molar-refractivity contribution in [2.45, 2.75) is 60.9 Å². The largest absolute Gasteiger partial charge is 0.462 e. The van der Waals surface area contributed by atoms with Crippen LogP contribution in [-0.4, -0.2) is 69.8 Å². The molecule has 2 heterocycles. The highest BCUT2D eigenvalue weighted by molar-refractivity contribution is 6.04. The number of aromatic nitrogens is 2. The van der Waals surface area contributed by atoms with Crippen LogP contribution in [0, 0.1) is 19.3 Å². The van der Waals surface area contributed by atoms with Crippen LogP contribution in [0.15, 0.2) is 0 Å². The molecule has 0 spiro atoms. The second-order valence-electron chi connectivity index (χ2n) is 8.73. The first-order valence-electron chi connectivity index (χ1n) is 10.1. The van der Waals surface area contributed by atoms with Gasteiger partial charge < -0.3 is 14.5 Å². The molecular formula is C21H32N4O4. The number of piperazine rings is 1. The quantitative estimate of drug-likeness (QED) is 0.716. The molecule has 160 valence electrons. The highest BCUT2D eigenvalue weighted by Gasteiger charge is 2.34. The monoisotopic (exact) mass is 404 g/mol. The SMILES string of the molecule is CCOC(=O)c1c(C)nc(C)nc1C(=O)N1CCN(C(=O)CC(C)(C)C)C(C)C1. The molecular weight excluding hydrogens is 372 g/mol. The summed E-state index contributed by atoms with van der Waals surface area (Å²) in [6, 6.07) is -0.113. The fraction of sp³-hybridized carbons (Fsp3) is 0.667. The fourth-order valence-corrected chi connectivity index (χ4v) is 3.53. The van der Waals surface area contributed by atoms with Crippen molar-refractivity contribution in [2.75, 3.05) is 26.2 Å². The summed E-state index contributed by atoms with van der Waals surface area (Å²) >= 11 is 0. The molecule has 0 aliphatic carbocycles. The molecule has 1 saturated heterocycles. The van der Waals surface area contributed by atoms with Gasteiger partial charge in [0.15, 0.2) is 0 Å². The Balaban J connectivity index is 2.23. The van der Waals surface area contributed by atoms with Gasteiger partial charge in [-0.3, -0.25) is 9.59 Å². The number of hydrogen-bond acceptors (Lipinski definition) is 6. The molecule has 0 N–H and O–H groups in total. The fourth-order valence-electron chi connectivity index (χ4n) is 3.53. The van der Waals surface area contributed by atoms with Crippen molar-refractivity contribution in [3.05, 3.63) is 22.8 Å². The molecule has 0 aromatic carbocycles. The Bertz CT molecular complexity index is 801. The summed E-state index contributed by atoms with van der Waals surface area (Å²) in [5.74, 6) is -0.416. The van der Waals surface area contributed by atoms with E-state index in [4.69, 9.17) is 4.74 Å². The van der Waals surface area contributed by atoms with Crippen molar-refractivity contribution in [2.24, 2.45) is 5.41 Å². The third-order valence-corrected chi connectivity index (χ3v) is 4.80. The maximum atomic E-state index is 13.2. The zero-order valence-electron chi connectivity index (χ0n) is 18.5. The van der Waals surface area contributed by atoms with E-state index in [1.807, 2.05) is 32.6 Å². The van der Waals surface area contributed by atoms with Gasteiger partial charge in [0.05, 0.1) is 12.3 Å². The molecule has 29 heavy (non-hydrogen) atoms. The van der Waals surface area contributed by atoms with E-state index < -0.39 is 5.97 Å². The Labute approximate surface area is 172 Å². The van der Waals surface area contributed by atoms with Gasteiger partial charge in [0.25, 0.3) is 5.91 Å². The molecule has 1 fully saturated rings. The molecule has 0 bridgehead atoms. The predicted molar refractivity (Wildman–Crippen MR) is 109 cm³/mol. The summed E-state index contributed by atoms with van der Waals surface area (Å²) in [6.07, 6.45) is 0.461. The topological polar surface area (TPSA) is 92.7 Å². The molecule has 1 unspecified atom stereocenters. The van der Waals surface area contributed by atoms with Gasteiger partial charge in [-0.15, -0.1) is 0 Å². The number of ether oxygens (including phenoxy) is 1. The summed E-state index contributed by atoms with van der Waals surface area (Å²) < 4.78 is 5.10. The highest BCUT2D eigenvalue weighted by atomic mass is 16.5. The number of carbonyl (C=O) groups is 3. The first kappa shape index (κ1) is 22.8. The van der Waals surface area contributed by atoms with Gasteiger partial charge in [-0.1, -0.05) is 20.8 Å². The molecule has 0 radical (unpaired) electrons. The summed E-state index contributed by atoms with van der Waals surface area (Å²) in [4.78, 5) is 50.2. The van der Waals surface area contributed by atoms with Crippen molar-refractivity contribution in [3.8, 4) is 0 Å². The summed E-state index contributed by atoms with van der Waals surface area (Å²) in [6.45, 7) is 14.5. The first-order valence-corrected chi connectivity index (χ1v) is 10.1. The Kier molecular flexibility index (Phi) is 6.97. The molecule has 1 aliphatic heterocycles. The Morgan fingerprint density at radius 2 is 1.79 bits per heavy atom. The van der Waals surface area contributed by atoms with Crippen LogP contribution in [0.5, 0.6) is 0 Å². The lowest BCUT2D eigenvalue weighted by atomic mass is 9.91. The predicted octanol–water partition coefficient (Wildman–Crippen LogP) is 2.38. The van der Waals surface area contributed by atoms with Crippen LogP contribution < -0.4 is 0 Å². The van der Waals surface area contributed by atoms with E-state index in [2.05, 4.69) is 9.97 Å². The van der Waals surface area contributed by atoms with Crippen LogP contribution in [0.25, 0.3) is 0 Å². The molecule has 8 nitrogen and oxygen atoms in total. The van der Waals surface area contributed by atoms with Crippen molar-refractivity contribution in [3.63, 3.8) is 0 Å². The minimum atomic E-state index is -0.597. The van der Waals surface area contributed by atoms with Crippen LogP contribution in [0.4, 0.5) is 0 Å². The lowest BCUT2D eigenvalue weighted by molar-refractivity contribution is -0.137. The number of carbonyl (C=O) groups excluding carboxylic acids is 3. The number of esters is 1. The Morgan fingerprint density at radius 3 is 2.34 bits per heavy atom. The van der Waals surface area contributed by atoms with Gasteiger partial charge in [0, 0.05) is 32.1 Å². The average Bonchev–Trinajstić information content (AvgIpc) is 2.58. The van der Waals surface area contributed by atoms with E-state index in [-0.39, 0.29) is 41.1 Å². The third kappa shape index (κ3) is 5.52. The maximum absolute atomic E-state index is 13.2. The second kappa shape index (κ2) is 8.88. The molecule has 0 saturated carbocycles. The molecule has 1 aliphatic rings. The molecule has 1 aromatic heterocycles. The van der Waals surface area contributed by atoms with E-state index in [9.17, 15) is 14.4 Å². The van der Waals surface area contributed by atoms with Crippen molar-refractivity contribution in [1.29, 1.82) is 0 Å². The molecule has 8 heteroatoms. The van der Waals surface area contributed by atoms with Crippen molar-refractivity contribution >= 4 is 17.8 Å². The molecule has 2 amide bonds. The van der Waals surface area contributed by atoms with Crippen LogP contribution >= 0.6 is 0 Å². The van der Waals surface area contributed by atoms with Crippen LogP contribution in [0.3, 0.4) is 0 Å². The second-order valence-corrected chi connectivity index (χ2v) is 8.73.